The van der Waals surface area contributed by atoms with E-state index in [1.807, 2.05) is 39.2 Å². The van der Waals surface area contributed by atoms with E-state index in [4.69, 9.17) is 0 Å². The number of hydrogen-bond acceptors (Lipinski definition) is 5. The Balaban J connectivity index is 1.89. The SMILES string of the molecule is Cc1cc(NC(=O)c2cnc(NCCCN(C)C)nc2)ccc1Br. The maximum absolute atomic E-state index is 12.2. The summed E-state index contributed by atoms with van der Waals surface area (Å²) in [6.07, 6.45) is 4.06. The number of nitrogens with zero attached hydrogens (tertiary/aromatic N) is 3. The first-order chi connectivity index (χ1) is 11.5. The molecule has 2 N–H and O–H groups in total. The molecule has 2 rings (SSSR count). The molecular weight excluding hydrogens is 370 g/mol. The van der Waals surface area contributed by atoms with Gasteiger partial charge in [-0.25, -0.2) is 9.97 Å². The minimum absolute atomic E-state index is 0.226. The first-order valence-corrected chi connectivity index (χ1v) is 8.53. The molecule has 0 aliphatic carbocycles. The van der Waals surface area contributed by atoms with E-state index in [9.17, 15) is 4.79 Å². The van der Waals surface area contributed by atoms with Crippen molar-refractivity contribution in [2.24, 2.45) is 0 Å². The highest BCUT2D eigenvalue weighted by Crippen LogP contribution is 2.20. The monoisotopic (exact) mass is 391 g/mol. The molecule has 24 heavy (non-hydrogen) atoms. The van der Waals surface area contributed by atoms with Crippen molar-refractivity contribution in [3.8, 4) is 0 Å². The van der Waals surface area contributed by atoms with Gasteiger partial charge in [0.2, 0.25) is 5.95 Å². The number of carbonyl (C=O) groups excluding carboxylic acids is 1. The van der Waals surface area contributed by atoms with E-state index in [1.165, 1.54) is 12.4 Å². The van der Waals surface area contributed by atoms with Crippen LogP contribution in [0.15, 0.2) is 35.1 Å². The molecule has 0 aliphatic heterocycles. The molecule has 1 amide bonds. The van der Waals surface area contributed by atoms with E-state index < -0.39 is 0 Å². The van der Waals surface area contributed by atoms with Gasteiger partial charge in [-0.3, -0.25) is 4.79 Å². The molecule has 7 heteroatoms. The Morgan fingerprint density at radius 3 is 2.58 bits per heavy atom. The standard InChI is InChI=1S/C17H22BrN5O/c1-12-9-14(5-6-15(12)18)22-16(24)13-10-20-17(21-11-13)19-7-4-8-23(2)3/h5-6,9-11H,4,7-8H2,1-3H3,(H,22,24)(H,19,20,21). The Labute approximate surface area is 150 Å². The largest absolute Gasteiger partial charge is 0.354 e. The highest BCUT2D eigenvalue weighted by Gasteiger charge is 2.08. The Morgan fingerprint density at radius 2 is 1.96 bits per heavy atom. The number of nitrogens with one attached hydrogen (secondary N) is 2. The second-order valence-electron chi connectivity index (χ2n) is 5.80. The molecule has 0 saturated heterocycles. The van der Waals surface area contributed by atoms with Crippen molar-refractivity contribution in [3.63, 3.8) is 0 Å². The maximum Gasteiger partial charge on any atom is 0.258 e. The zero-order valence-corrected chi connectivity index (χ0v) is 15.7. The summed E-state index contributed by atoms with van der Waals surface area (Å²) in [7, 11) is 4.08. The third kappa shape index (κ3) is 5.58. The molecule has 128 valence electrons. The third-order valence-corrected chi connectivity index (χ3v) is 4.28. The molecule has 0 fully saturated rings. The molecule has 2 aromatic rings. The molecule has 6 nitrogen and oxygen atoms in total. The highest BCUT2D eigenvalue weighted by molar-refractivity contribution is 9.10. The van der Waals surface area contributed by atoms with Gasteiger partial charge in [-0.1, -0.05) is 15.9 Å². The first-order valence-electron chi connectivity index (χ1n) is 7.74. The lowest BCUT2D eigenvalue weighted by atomic mass is 10.2. The van der Waals surface area contributed by atoms with Crippen molar-refractivity contribution in [2.45, 2.75) is 13.3 Å². The fourth-order valence-electron chi connectivity index (χ4n) is 2.06. The van der Waals surface area contributed by atoms with Crippen LogP contribution in [0.5, 0.6) is 0 Å². The van der Waals surface area contributed by atoms with Crippen LogP contribution in [0.3, 0.4) is 0 Å². The van der Waals surface area contributed by atoms with Crippen LogP contribution in [0.4, 0.5) is 11.6 Å². The van der Waals surface area contributed by atoms with Crippen LogP contribution in [-0.4, -0.2) is 48.0 Å². The molecule has 0 radical (unpaired) electrons. The zero-order valence-electron chi connectivity index (χ0n) is 14.1. The van der Waals surface area contributed by atoms with Crippen molar-refractivity contribution < 1.29 is 4.79 Å². The van der Waals surface area contributed by atoms with Gasteiger partial charge in [0.15, 0.2) is 0 Å². The van der Waals surface area contributed by atoms with Crippen LogP contribution in [0.25, 0.3) is 0 Å². The van der Waals surface area contributed by atoms with Crippen molar-refractivity contribution in [2.75, 3.05) is 37.8 Å². The molecular formula is C17H22BrN5O. The summed E-state index contributed by atoms with van der Waals surface area (Å²) in [5.41, 5.74) is 2.22. The van der Waals surface area contributed by atoms with Crippen LogP contribution < -0.4 is 10.6 Å². The third-order valence-electron chi connectivity index (χ3n) is 3.40. The molecule has 1 aromatic carbocycles. The Bertz CT molecular complexity index is 688. The van der Waals surface area contributed by atoms with Gasteiger partial charge in [-0.05, 0) is 57.7 Å². The normalized spacial score (nSPS) is 10.7. The van der Waals surface area contributed by atoms with E-state index >= 15 is 0 Å². The van der Waals surface area contributed by atoms with Gasteiger partial charge in [-0.15, -0.1) is 0 Å². The van der Waals surface area contributed by atoms with Crippen LogP contribution in [0.2, 0.25) is 0 Å². The summed E-state index contributed by atoms with van der Waals surface area (Å²) in [4.78, 5) is 22.7. The number of benzene rings is 1. The minimum Gasteiger partial charge on any atom is -0.354 e. The molecule has 0 aliphatic rings. The second kappa shape index (κ2) is 8.75. The number of halogens is 1. The van der Waals surface area contributed by atoms with E-state index in [-0.39, 0.29) is 5.91 Å². The predicted octanol–water partition coefficient (Wildman–Crippen LogP) is 3.16. The predicted molar refractivity (Wildman–Crippen MR) is 101 cm³/mol. The lowest BCUT2D eigenvalue weighted by molar-refractivity contribution is 0.102. The first kappa shape index (κ1) is 18.4. The molecule has 0 unspecified atom stereocenters. The van der Waals surface area contributed by atoms with Gasteiger partial charge in [0.25, 0.3) is 5.91 Å². The van der Waals surface area contributed by atoms with Crippen molar-refractivity contribution in [1.82, 2.24) is 14.9 Å². The highest BCUT2D eigenvalue weighted by atomic mass is 79.9. The summed E-state index contributed by atoms with van der Waals surface area (Å²) < 4.78 is 1.01. The summed E-state index contributed by atoms with van der Waals surface area (Å²) in [5, 5.41) is 5.99. The number of anilines is 2. The average molecular weight is 392 g/mol. The number of rotatable bonds is 7. The Kier molecular flexibility index (Phi) is 6.69. The van der Waals surface area contributed by atoms with Crippen molar-refractivity contribution in [3.05, 3.63) is 46.2 Å². The number of hydrogen-bond donors (Lipinski definition) is 2. The van der Waals surface area contributed by atoms with Crippen LogP contribution in [0, 0.1) is 6.92 Å². The topological polar surface area (TPSA) is 70.2 Å². The average Bonchev–Trinajstić information content (AvgIpc) is 2.55. The summed E-state index contributed by atoms with van der Waals surface area (Å²) in [5.74, 6) is 0.306. The number of aromatic nitrogens is 2. The van der Waals surface area contributed by atoms with Gasteiger partial charge in [0, 0.05) is 29.1 Å². The molecule has 0 spiro atoms. The quantitative estimate of drug-likeness (QED) is 0.709. The fraction of sp³-hybridized carbons (Fsp3) is 0.353. The number of carbonyl (C=O) groups is 1. The molecule has 1 aromatic heterocycles. The maximum atomic E-state index is 12.2. The van der Waals surface area contributed by atoms with Gasteiger partial charge >= 0.3 is 0 Å². The summed E-state index contributed by atoms with van der Waals surface area (Å²) in [6, 6.07) is 5.65. The Hall–Kier alpha value is -1.99. The van der Waals surface area contributed by atoms with Crippen molar-refractivity contribution in [1.29, 1.82) is 0 Å². The second-order valence-corrected chi connectivity index (χ2v) is 6.65. The molecule has 0 saturated carbocycles. The van der Waals surface area contributed by atoms with Crippen LogP contribution in [-0.2, 0) is 0 Å². The van der Waals surface area contributed by atoms with Gasteiger partial charge in [0.05, 0.1) is 5.56 Å². The lowest BCUT2D eigenvalue weighted by Gasteiger charge is -2.10. The summed E-state index contributed by atoms with van der Waals surface area (Å²) >= 11 is 3.44. The van der Waals surface area contributed by atoms with E-state index in [0.717, 1.165) is 35.2 Å². The Morgan fingerprint density at radius 1 is 1.25 bits per heavy atom. The smallest absolute Gasteiger partial charge is 0.258 e. The van der Waals surface area contributed by atoms with E-state index in [1.54, 1.807) is 0 Å². The van der Waals surface area contributed by atoms with Crippen LogP contribution >= 0.6 is 15.9 Å². The van der Waals surface area contributed by atoms with E-state index in [2.05, 4.69) is 41.4 Å². The fourth-order valence-corrected chi connectivity index (χ4v) is 2.30. The van der Waals surface area contributed by atoms with Gasteiger partial charge < -0.3 is 15.5 Å². The van der Waals surface area contributed by atoms with Gasteiger partial charge in [0.1, 0.15) is 0 Å². The summed E-state index contributed by atoms with van der Waals surface area (Å²) in [6.45, 7) is 3.77. The van der Waals surface area contributed by atoms with E-state index in [0.29, 0.717) is 11.5 Å². The van der Waals surface area contributed by atoms with Crippen LogP contribution in [0.1, 0.15) is 22.3 Å². The van der Waals surface area contributed by atoms with Crippen molar-refractivity contribution >= 4 is 33.5 Å². The number of aryl methyl sites for hydroxylation is 1. The molecule has 0 atom stereocenters. The lowest BCUT2D eigenvalue weighted by Crippen LogP contribution is -2.17. The molecule has 1 heterocycles. The number of amides is 1. The van der Waals surface area contributed by atoms with Gasteiger partial charge in [-0.2, -0.15) is 0 Å². The minimum atomic E-state index is -0.226. The zero-order chi connectivity index (χ0) is 17.5. The molecule has 0 bridgehead atoms.